The third-order valence-corrected chi connectivity index (χ3v) is 6.73. The summed E-state index contributed by atoms with van der Waals surface area (Å²) in [5.74, 6) is 1.23. The highest BCUT2D eigenvalue weighted by molar-refractivity contribution is 7.89. The van der Waals surface area contributed by atoms with Crippen LogP contribution in [0.15, 0.2) is 71.8 Å². The Morgan fingerprint density at radius 1 is 0.967 bits per heavy atom. The van der Waals surface area contributed by atoms with Gasteiger partial charge in [0, 0.05) is 17.8 Å². The van der Waals surface area contributed by atoms with Crippen molar-refractivity contribution in [2.75, 3.05) is 20.8 Å². The lowest BCUT2D eigenvalue weighted by Crippen LogP contribution is -2.33. The highest BCUT2D eigenvalue weighted by Crippen LogP contribution is 2.28. The van der Waals surface area contributed by atoms with Crippen LogP contribution in [0.3, 0.4) is 0 Å². The molecule has 30 heavy (non-hydrogen) atoms. The van der Waals surface area contributed by atoms with E-state index in [0.717, 1.165) is 5.56 Å². The molecule has 158 valence electrons. The van der Waals surface area contributed by atoms with Crippen LogP contribution in [-0.2, 0) is 23.0 Å². The van der Waals surface area contributed by atoms with E-state index >= 15 is 0 Å². The predicted octanol–water partition coefficient (Wildman–Crippen LogP) is 4.19. The van der Waals surface area contributed by atoms with Crippen LogP contribution in [0, 0.1) is 0 Å². The molecule has 1 heterocycles. The Kier molecular flexibility index (Phi) is 7.31. The number of benzene rings is 2. The monoisotopic (exact) mass is 446 g/mol. The second kappa shape index (κ2) is 9.93. The Labute approximate surface area is 182 Å². The maximum atomic E-state index is 13.3. The van der Waals surface area contributed by atoms with Crippen molar-refractivity contribution in [3.63, 3.8) is 0 Å². The lowest BCUT2D eigenvalue weighted by atomic mass is 10.1. The number of hydrogen-bond donors (Lipinski definition) is 0. The zero-order valence-corrected chi connectivity index (χ0v) is 18.4. The molecule has 0 N–H and O–H groups in total. The topological polar surface area (TPSA) is 68.7 Å². The number of hydrogen-bond acceptors (Lipinski definition) is 5. The lowest BCUT2D eigenvalue weighted by Gasteiger charge is -2.22. The molecule has 3 rings (SSSR count). The number of rotatable bonds is 9. The predicted molar refractivity (Wildman–Crippen MR) is 117 cm³/mol. The molecule has 1 aromatic heterocycles. The van der Waals surface area contributed by atoms with Gasteiger partial charge >= 0.3 is 0 Å². The van der Waals surface area contributed by atoms with E-state index in [-0.39, 0.29) is 18.0 Å². The first-order chi connectivity index (χ1) is 14.4. The van der Waals surface area contributed by atoms with E-state index in [9.17, 15) is 8.42 Å². The maximum absolute atomic E-state index is 13.3. The number of aromatic nitrogens is 1. The van der Waals surface area contributed by atoms with Crippen molar-refractivity contribution in [2.45, 2.75) is 17.9 Å². The van der Waals surface area contributed by atoms with Gasteiger partial charge in [-0.25, -0.2) is 8.42 Å². The summed E-state index contributed by atoms with van der Waals surface area (Å²) in [6, 6.07) is 17.2. The second-order valence-corrected chi connectivity index (χ2v) is 8.93. The molecule has 6 nitrogen and oxygen atoms in total. The van der Waals surface area contributed by atoms with Crippen molar-refractivity contribution < 1.29 is 17.9 Å². The Hall–Kier alpha value is -2.61. The number of methoxy groups -OCH3 is 2. The molecule has 0 amide bonds. The average molecular weight is 447 g/mol. The fourth-order valence-corrected chi connectivity index (χ4v) is 4.54. The summed E-state index contributed by atoms with van der Waals surface area (Å²) in [4.78, 5) is 4.47. The molecule has 0 bridgehead atoms. The first-order valence-electron chi connectivity index (χ1n) is 9.30. The van der Waals surface area contributed by atoms with E-state index in [4.69, 9.17) is 21.1 Å². The molecule has 2 aromatic carbocycles. The second-order valence-electron chi connectivity index (χ2n) is 6.55. The SMILES string of the molecule is COc1ccc(CCN(Cc2ccccn2)S(=O)(=O)c2ccc(Cl)cc2)cc1OC. The highest BCUT2D eigenvalue weighted by Gasteiger charge is 2.25. The molecule has 0 atom stereocenters. The van der Waals surface area contributed by atoms with Gasteiger partial charge in [0.2, 0.25) is 10.0 Å². The summed E-state index contributed by atoms with van der Waals surface area (Å²) < 4.78 is 38.6. The van der Waals surface area contributed by atoms with Gasteiger partial charge in [-0.2, -0.15) is 4.31 Å². The minimum Gasteiger partial charge on any atom is -0.493 e. The third kappa shape index (κ3) is 5.30. The molecule has 8 heteroatoms. The van der Waals surface area contributed by atoms with Crippen molar-refractivity contribution in [2.24, 2.45) is 0 Å². The van der Waals surface area contributed by atoms with Gasteiger partial charge in [0.1, 0.15) is 0 Å². The van der Waals surface area contributed by atoms with E-state index in [1.807, 2.05) is 24.3 Å². The van der Waals surface area contributed by atoms with Gasteiger partial charge in [0.25, 0.3) is 0 Å². The van der Waals surface area contributed by atoms with E-state index < -0.39 is 10.0 Å². The molecule has 3 aromatic rings. The zero-order valence-electron chi connectivity index (χ0n) is 16.8. The molecule has 0 radical (unpaired) electrons. The minimum atomic E-state index is -3.74. The molecule has 0 aliphatic heterocycles. The van der Waals surface area contributed by atoms with Crippen LogP contribution in [0.2, 0.25) is 5.02 Å². The Morgan fingerprint density at radius 3 is 2.33 bits per heavy atom. The van der Waals surface area contributed by atoms with Crippen molar-refractivity contribution in [3.8, 4) is 11.5 Å². The molecule has 0 aliphatic carbocycles. The van der Waals surface area contributed by atoms with Gasteiger partial charge in [-0.3, -0.25) is 4.98 Å². The molecule has 0 saturated heterocycles. The molecule has 0 saturated carbocycles. The van der Waals surface area contributed by atoms with Crippen LogP contribution in [-0.4, -0.2) is 38.5 Å². The summed E-state index contributed by atoms with van der Waals surface area (Å²) in [5, 5.41) is 0.482. The average Bonchev–Trinajstić information content (AvgIpc) is 2.77. The molecule has 0 unspecified atom stereocenters. The van der Waals surface area contributed by atoms with Gasteiger partial charge in [-0.1, -0.05) is 23.7 Å². The summed E-state index contributed by atoms with van der Waals surface area (Å²) >= 11 is 5.93. The maximum Gasteiger partial charge on any atom is 0.243 e. The van der Waals surface area contributed by atoms with Gasteiger partial charge in [-0.05, 0) is 60.5 Å². The normalized spacial score (nSPS) is 11.5. The van der Waals surface area contributed by atoms with Gasteiger partial charge in [0.05, 0.1) is 31.4 Å². The first kappa shape index (κ1) is 22.1. The Bertz CT molecular complexity index is 1070. The van der Waals surface area contributed by atoms with Crippen LogP contribution in [0.5, 0.6) is 11.5 Å². The summed E-state index contributed by atoms with van der Waals surface area (Å²) in [7, 11) is -0.592. The molecule has 0 spiro atoms. The third-order valence-electron chi connectivity index (χ3n) is 4.61. The van der Waals surface area contributed by atoms with Gasteiger partial charge in [0.15, 0.2) is 11.5 Å². The van der Waals surface area contributed by atoms with Crippen LogP contribution in [0.4, 0.5) is 0 Å². The van der Waals surface area contributed by atoms with Gasteiger partial charge in [-0.15, -0.1) is 0 Å². The van der Waals surface area contributed by atoms with E-state index in [1.165, 1.54) is 16.4 Å². The Balaban J connectivity index is 1.87. The number of pyridine rings is 1. The van der Waals surface area contributed by atoms with Crippen LogP contribution < -0.4 is 9.47 Å². The summed E-state index contributed by atoms with van der Waals surface area (Å²) in [6.45, 7) is 0.441. The van der Waals surface area contributed by atoms with Crippen molar-refractivity contribution in [3.05, 3.63) is 83.1 Å². The molecule has 0 aliphatic rings. The number of ether oxygens (including phenoxy) is 2. The quantitative estimate of drug-likeness (QED) is 0.493. The number of sulfonamides is 1. The smallest absolute Gasteiger partial charge is 0.243 e. The summed E-state index contributed by atoms with van der Waals surface area (Å²) in [6.07, 6.45) is 2.15. The van der Waals surface area contributed by atoms with Crippen LogP contribution in [0.1, 0.15) is 11.3 Å². The van der Waals surface area contributed by atoms with E-state index in [1.54, 1.807) is 44.7 Å². The fraction of sp³-hybridized carbons (Fsp3) is 0.227. The fourth-order valence-electron chi connectivity index (χ4n) is 3.00. The highest BCUT2D eigenvalue weighted by atomic mass is 35.5. The molecular weight excluding hydrogens is 424 g/mol. The summed E-state index contributed by atoms with van der Waals surface area (Å²) in [5.41, 5.74) is 1.60. The standard InChI is InChI=1S/C22H23ClN2O4S/c1-28-21-11-6-17(15-22(21)29-2)12-14-25(16-19-5-3-4-13-24-19)30(26,27)20-9-7-18(23)8-10-20/h3-11,13,15H,12,14,16H2,1-2H3. The van der Waals surface area contributed by atoms with Crippen LogP contribution >= 0.6 is 11.6 Å². The number of nitrogens with zero attached hydrogens (tertiary/aromatic N) is 2. The largest absolute Gasteiger partial charge is 0.493 e. The van der Waals surface area contributed by atoms with Gasteiger partial charge < -0.3 is 9.47 Å². The Morgan fingerprint density at radius 2 is 1.70 bits per heavy atom. The van der Waals surface area contributed by atoms with Crippen molar-refractivity contribution in [1.29, 1.82) is 0 Å². The lowest BCUT2D eigenvalue weighted by molar-refractivity contribution is 0.354. The zero-order chi connectivity index (χ0) is 21.6. The van der Waals surface area contributed by atoms with E-state index in [2.05, 4.69) is 4.98 Å². The van der Waals surface area contributed by atoms with Crippen LogP contribution in [0.25, 0.3) is 0 Å². The minimum absolute atomic E-state index is 0.166. The van der Waals surface area contributed by atoms with Crippen molar-refractivity contribution in [1.82, 2.24) is 9.29 Å². The first-order valence-corrected chi connectivity index (χ1v) is 11.1. The molecular formula is C22H23ClN2O4S. The van der Waals surface area contributed by atoms with Crippen molar-refractivity contribution >= 4 is 21.6 Å². The van der Waals surface area contributed by atoms with E-state index in [0.29, 0.717) is 28.6 Å². The molecule has 0 fully saturated rings. The number of halogens is 1.